The first-order chi connectivity index (χ1) is 9.86. The lowest BCUT2D eigenvalue weighted by Gasteiger charge is -2.04. The van der Waals surface area contributed by atoms with Crippen molar-refractivity contribution in [2.45, 2.75) is 27.0 Å². The minimum Gasteiger partial charge on any atom is -0.461 e. The Balaban J connectivity index is 1.91. The van der Waals surface area contributed by atoms with Gasteiger partial charge in [0, 0.05) is 23.9 Å². The summed E-state index contributed by atoms with van der Waals surface area (Å²) in [6.07, 6.45) is 7.88. The Morgan fingerprint density at radius 2 is 2.29 bits per heavy atom. The Labute approximate surface area is 122 Å². The van der Waals surface area contributed by atoms with Crippen molar-refractivity contribution in [2.75, 3.05) is 0 Å². The molecule has 1 saturated carbocycles. The molecule has 1 aromatic rings. The van der Waals surface area contributed by atoms with Gasteiger partial charge in [0.1, 0.15) is 6.61 Å². The fourth-order valence-corrected chi connectivity index (χ4v) is 2.60. The van der Waals surface area contributed by atoms with E-state index < -0.39 is 29.3 Å². The zero-order valence-electron chi connectivity index (χ0n) is 12.0. The molecule has 1 aliphatic rings. The molecule has 0 aliphatic heterocycles. The molecule has 2 rings (SSSR count). The molecule has 1 heterocycles. The molecular formula is C16H17F2NO2. The zero-order chi connectivity index (χ0) is 15.6. The van der Waals surface area contributed by atoms with Crippen molar-refractivity contribution < 1.29 is 18.3 Å². The van der Waals surface area contributed by atoms with Crippen LogP contribution in [0, 0.1) is 29.6 Å². The van der Waals surface area contributed by atoms with E-state index in [2.05, 4.69) is 5.92 Å². The fourth-order valence-electron chi connectivity index (χ4n) is 2.60. The third kappa shape index (κ3) is 3.33. The number of hydrogen-bond donors (Lipinski definition) is 0. The third-order valence-corrected chi connectivity index (χ3v) is 3.94. The molecule has 0 N–H and O–H groups in total. The number of aromatic nitrogens is 1. The number of terminal acetylenes is 1. The van der Waals surface area contributed by atoms with E-state index in [-0.39, 0.29) is 6.61 Å². The lowest BCUT2D eigenvalue weighted by atomic mass is 10.1. The molecule has 0 amide bonds. The molecule has 0 unspecified atom stereocenters. The van der Waals surface area contributed by atoms with Gasteiger partial charge in [-0.15, -0.1) is 6.42 Å². The Morgan fingerprint density at radius 3 is 2.90 bits per heavy atom. The van der Waals surface area contributed by atoms with Crippen molar-refractivity contribution in [2.24, 2.45) is 17.3 Å². The molecule has 3 nitrogen and oxygen atoms in total. The maximum Gasteiger partial charge on any atom is 0.310 e. The average molecular weight is 293 g/mol. The minimum atomic E-state index is -1.75. The summed E-state index contributed by atoms with van der Waals surface area (Å²) >= 11 is 0. The van der Waals surface area contributed by atoms with E-state index in [1.54, 1.807) is 36.9 Å². The Morgan fingerprint density at radius 1 is 1.57 bits per heavy atom. The van der Waals surface area contributed by atoms with Gasteiger partial charge in [0.15, 0.2) is 0 Å². The van der Waals surface area contributed by atoms with Crippen LogP contribution in [0.3, 0.4) is 0 Å². The molecule has 0 saturated heterocycles. The van der Waals surface area contributed by atoms with Gasteiger partial charge in [-0.2, -0.15) is 8.78 Å². The topological polar surface area (TPSA) is 31.2 Å². The molecule has 0 radical (unpaired) electrons. The van der Waals surface area contributed by atoms with E-state index in [9.17, 15) is 13.6 Å². The molecule has 0 aromatic carbocycles. The second-order valence-electron chi connectivity index (χ2n) is 5.79. The summed E-state index contributed by atoms with van der Waals surface area (Å²) in [5, 5.41) is 0. The van der Waals surface area contributed by atoms with Crippen LogP contribution in [-0.4, -0.2) is 10.5 Å². The fraction of sp³-hybridized carbons (Fsp3) is 0.438. The van der Waals surface area contributed by atoms with Crippen LogP contribution >= 0.6 is 0 Å². The van der Waals surface area contributed by atoms with Crippen LogP contribution in [-0.2, 0) is 22.7 Å². The van der Waals surface area contributed by atoms with Gasteiger partial charge in [0.2, 0.25) is 0 Å². The predicted octanol–water partition coefficient (Wildman–Crippen LogP) is 3.22. The molecule has 112 valence electrons. The van der Waals surface area contributed by atoms with Gasteiger partial charge in [0.05, 0.1) is 12.5 Å². The minimum absolute atomic E-state index is 0.123. The standard InChI is InChI=1S/C16H17F2NO2/c1-4-6-19-7-5-11(9-19)10-21-15(20)14-12(8-13(17)18)16(14,2)3/h1,5,7-9,12,14H,6,10H2,2-3H3/t12-,14+/m1/s1. The summed E-state index contributed by atoms with van der Waals surface area (Å²) in [5.41, 5.74) is 0.344. The highest BCUT2D eigenvalue weighted by molar-refractivity contribution is 5.78. The number of nitrogens with zero attached hydrogens (tertiary/aromatic N) is 1. The number of ether oxygens (including phenoxy) is 1. The Kier molecular flexibility index (Phi) is 4.17. The first kappa shape index (κ1) is 15.3. The van der Waals surface area contributed by atoms with E-state index >= 15 is 0 Å². The number of carbonyl (C=O) groups excluding carboxylic acids is 1. The predicted molar refractivity (Wildman–Crippen MR) is 74.1 cm³/mol. The van der Waals surface area contributed by atoms with Crippen LogP contribution in [0.5, 0.6) is 0 Å². The molecule has 1 aromatic heterocycles. The van der Waals surface area contributed by atoms with Crippen molar-refractivity contribution in [1.29, 1.82) is 0 Å². The molecule has 1 aliphatic carbocycles. The SMILES string of the molecule is C#CCn1ccc(COC(=O)[C@@H]2[C@@H](C=C(F)F)C2(C)C)c1. The number of carbonyl (C=O) groups is 1. The van der Waals surface area contributed by atoms with Crippen LogP contribution in [0.25, 0.3) is 0 Å². The summed E-state index contributed by atoms with van der Waals surface area (Å²) < 4.78 is 31.7. The maximum absolute atomic E-state index is 12.3. The number of halogens is 2. The zero-order valence-corrected chi connectivity index (χ0v) is 12.0. The molecule has 2 atom stereocenters. The highest BCUT2D eigenvalue weighted by atomic mass is 19.3. The van der Waals surface area contributed by atoms with Crippen molar-refractivity contribution >= 4 is 5.97 Å². The van der Waals surface area contributed by atoms with Crippen LogP contribution in [0.4, 0.5) is 8.78 Å². The molecule has 0 spiro atoms. The molecule has 21 heavy (non-hydrogen) atoms. The van der Waals surface area contributed by atoms with Crippen LogP contribution in [0.2, 0.25) is 0 Å². The number of hydrogen-bond acceptors (Lipinski definition) is 2. The smallest absolute Gasteiger partial charge is 0.310 e. The van der Waals surface area contributed by atoms with Gasteiger partial charge < -0.3 is 9.30 Å². The van der Waals surface area contributed by atoms with E-state index in [0.717, 1.165) is 11.6 Å². The highest BCUT2D eigenvalue weighted by Gasteiger charge is 2.61. The third-order valence-electron chi connectivity index (χ3n) is 3.94. The van der Waals surface area contributed by atoms with E-state index in [4.69, 9.17) is 11.2 Å². The van der Waals surface area contributed by atoms with Gasteiger partial charge in [-0.05, 0) is 17.6 Å². The largest absolute Gasteiger partial charge is 0.461 e. The number of allylic oxidation sites excluding steroid dienone is 1. The lowest BCUT2D eigenvalue weighted by molar-refractivity contribution is -0.147. The van der Waals surface area contributed by atoms with Crippen LogP contribution in [0.15, 0.2) is 30.6 Å². The first-order valence-electron chi connectivity index (χ1n) is 6.64. The van der Waals surface area contributed by atoms with Crippen LogP contribution in [0.1, 0.15) is 19.4 Å². The first-order valence-corrected chi connectivity index (χ1v) is 6.64. The maximum atomic E-state index is 12.3. The second kappa shape index (κ2) is 5.72. The van der Waals surface area contributed by atoms with Gasteiger partial charge in [-0.1, -0.05) is 19.8 Å². The van der Waals surface area contributed by atoms with Gasteiger partial charge in [-0.3, -0.25) is 4.79 Å². The molecule has 5 heteroatoms. The van der Waals surface area contributed by atoms with Crippen molar-refractivity contribution in [3.05, 3.63) is 36.2 Å². The van der Waals surface area contributed by atoms with E-state index in [1.807, 2.05) is 0 Å². The van der Waals surface area contributed by atoms with Crippen molar-refractivity contribution in [3.8, 4) is 12.3 Å². The second-order valence-corrected chi connectivity index (χ2v) is 5.79. The Hall–Kier alpha value is -2.09. The Bertz CT molecular complexity index is 606. The summed E-state index contributed by atoms with van der Waals surface area (Å²) in [6, 6.07) is 1.81. The normalized spacial score (nSPS) is 22.2. The van der Waals surface area contributed by atoms with Gasteiger partial charge in [0.25, 0.3) is 6.08 Å². The van der Waals surface area contributed by atoms with E-state index in [1.165, 1.54) is 0 Å². The summed E-state index contributed by atoms with van der Waals surface area (Å²) in [4.78, 5) is 12.0. The lowest BCUT2D eigenvalue weighted by Crippen LogP contribution is -2.10. The average Bonchev–Trinajstić information content (AvgIpc) is 2.75. The summed E-state index contributed by atoms with van der Waals surface area (Å²) in [5.74, 6) is 1.10. The summed E-state index contributed by atoms with van der Waals surface area (Å²) in [7, 11) is 0. The quantitative estimate of drug-likeness (QED) is 0.616. The summed E-state index contributed by atoms with van der Waals surface area (Å²) in [6.45, 7) is 4.14. The van der Waals surface area contributed by atoms with E-state index in [0.29, 0.717) is 6.54 Å². The van der Waals surface area contributed by atoms with Gasteiger partial charge >= 0.3 is 5.97 Å². The molecular weight excluding hydrogens is 276 g/mol. The number of rotatable bonds is 5. The highest BCUT2D eigenvalue weighted by Crippen LogP contribution is 2.60. The van der Waals surface area contributed by atoms with Crippen molar-refractivity contribution in [1.82, 2.24) is 4.57 Å². The number of esters is 1. The molecule has 0 bridgehead atoms. The molecule has 1 fully saturated rings. The van der Waals surface area contributed by atoms with Crippen molar-refractivity contribution in [3.63, 3.8) is 0 Å². The monoisotopic (exact) mass is 293 g/mol. The van der Waals surface area contributed by atoms with Crippen LogP contribution < -0.4 is 0 Å². The van der Waals surface area contributed by atoms with Gasteiger partial charge in [-0.25, -0.2) is 0 Å².